The van der Waals surface area contributed by atoms with Crippen molar-refractivity contribution in [2.45, 2.75) is 193 Å². The van der Waals surface area contributed by atoms with Crippen LogP contribution in [0.25, 0.3) is 5.52 Å². The van der Waals surface area contributed by atoms with Gasteiger partial charge in [0.2, 0.25) is 5.56 Å². The summed E-state index contributed by atoms with van der Waals surface area (Å²) in [5, 5.41) is 11.5. The van der Waals surface area contributed by atoms with Crippen LogP contribution in [-0.4, -0.2) is 39.7 Å². The SMILES string of the molecule is CC.CC.CC.CC.CC.CC.CC(C)(C)C.CC(C)C.CC(C)C.CC(C)C.CC(C)c1ccnnc1.O=c1cccc[nH]1.c1ccn2nccc2c1.c1ccncc1.c1cncnc1. The molecule has 0 saturated carbocycles. The van der Waals surface area contributed by atoms with Crippen molar-refractivity contribution in [1.82, 2.24) is 39.7 Å². The standard InChI is InChI=1S/C7H6N2.C7H10N2.C5H5NO.C5H5N.C5H12.C4H4N2.3C4H10.6C2H6/c1-2-6-9-7(3-1)4-5-8-9;1-6(2)7-3-4-8-9-5-7;7-5-3-1-2-4-6-5;1-2-4-6-5-3-1;1-5(2,3)4;1-2-5-4-6-3-1;3*1-4(2)3;6*1-2/h1-6H;3-6H,1-2H3;1-4H,(H,6,7);1-5H;1-4H3;1-4H;3*4H,1-3H3;6*1-2H3. The Labute approximate surface area is 410 Å². The van der Waals surface area contributed by atoms with Gasteiger partial charge in [0.15, 0.2) is 0 Å². The molecule has 6 aromatic heterocycles. The van der Waals surface area contributed by atoms with Crippen molar-refractivity contribution in [1.29, 1.82) is 0 Å². The van der Waals surface area contributed by atoms with Gasteiger partial charge in [-0.3, -0.25) is 9.78 Å². The Morgan fingerprint density at radius 3 is 1.12 bits per heavy atom. The fourth-order valence-electron chi connectivity index (χ4n) is 2.45. The zero-order chi connectivity index (χ0) is 53.6. The molecule has 0 amide bonds. The molecule has 6 rings (SSSR count). The maximum Gasteiger partial charge on any atom is 0.247 e. The van der Waals surface area contributed by atoms with Crippen LogP contribution in [0, 0.1) is 23.2 Å². The summed E-state index contributed by atoms with van der Waals surface area (Å²) in [6.07, 6.45) is 17.2. The summed E-state index contributed by atoms with van der Waals surface area (Å²) < 4.78 is 1.83. The lowest BCUT2D eigenvalue weighted by atomic mass is 10.0. The molecule has 0 aromatic carbocycles. The Kier molecular flexibility index (Phi) is 88.0. The Hall–Kier alpha value is -5.05. The van der Waals surface area contributed by atoms with E-state index in [1.807, 2.05) is 142 Å². The molecule has 0 radical (unpaired) electrons. The fourth-order valence-corrected chi connectivity index (χ4v) is 2.45. The van der Waals surface area contributed by atoms with Gasteiger partial charge in [-0.15, -0.1) is 0 Å². The largest absolute Gasteiger partial charge is 0.329 e. The van der Waals surface area contributed by atoms with E-state index in [1.165, 1.54) is 18.0 Å². The van der Waals surface area contributed by atoms with Crippen molar-refractivity contribution in [3.8, 4) is 0 Å². The summed E-state index contributed by atoms with van der Waals surface area (Å²) in [4.78, 5) is 23.8. The Morgan fingerprint density at radius 2 is 0.894 bits per heavy atom. The highest BCUT2D eigenvalue weighted by Crippen LogP contribution is 2.09. The van der Waals surface area contributed by atoms with E-state index in [0.29, 0.717) is 11.3 Å². The van der Waals surface area contributed by atoms with Crippen LogP contribution in [0.2, 0.25) is 0 Å². The molecule has 6 aromatic rings. The number of nitrogens with zero attached hydrogens (tertiary/aromatic N) is 7. The van der Waals surface area contributed by atoms with E-state index in [-0.39, 0.29) is 5.56 Å². The second kappa shape index (κ2) is 71.6. The molecule has 66 heavy (non-hydrogen) atoms. The average Bonchev–Trinajstić information content (AvgIpc) is 3.81. The minimum absolute atomic E-state index is 0.0532. The lowest BCUT2D eigenvalue weighted by molar-refractivity contribution is 0.469. The van der Waals surface area contributed by atoms with Gasteiger partial charge < -0.3 is 4.98 Å². The molecule has 0 spiro atoms. The van der Waals surface area contributed by atoms with E-state index >= 15 is 0 Å². The summed E-state index contributed by atoms with van der Waals surface area (Å²) >= 11 is 0. The first-order valence-corrected chi connectivity index (χ1v) is 24.7. The second-order valence-corrected chi connectivity index (χ2v) is 15.6. The van der Waals surface area contributed by atoms with Crippen LogP contribution in [0.4, 0.5) is 0 Å². The zero-order valence-corrected chi connectivity index (χ0v) is 48.0. The minimum Gasteiger partial charge on any atom is -0.329 e. The van der Waals surface area contributed by atoms with Crippen LogP contribution < -0.4 is 5.56 Å². The lowest BCUT2D eigenvalue weighted by Crippen LogP contribution is -1.98. The van der Waals surface area contributed by atoms with E-state index in [4.69, 9.17) is 0 Å². The normalized spacial score (nSPS) is 8.23. The molecular formula is C57H108N8O. The Balaban J connectivity index is -0.0000000779. The number of rotatable bonds is 1. The lowest BCUT2D eigenvalue weighted by Gasteiger charge is -2.05. The number of hydrogen-bond donors (Lipinski definition) is 1. The number of fused-ring (bicyclic) bond motifs is 1. The highest BCUT2D eigenvalue weighted by Gasteiger charge is 1.96. The smallest absolute Gasteiger partial charge is 0.247 e. The number of nitrogens with one attached hydrogen (secondary N) is 1. The van der Waals surface area contributed by atoms with Gasteiger partial charge in [0.05, 0.1) is 11.7 Å². The Morgan fingerprint density at radius 1 is 0.470 bits per heavy atom. The number of pyridine rings is 3. The first kappa shape index (κ1) is 81.2. The van der Waals surface area contributed by atoms with E-state index in [9.17, 15) is 4.79 Å². The van der Waals surface area contributed by atoms with Crippen molar-refractivity contribution < 1.29 is 0 Å². The molecule has 0 aliphatic heterocycles. The van der Waals surface area contributed by atoms with Crippen molar-refractivity contribution in [2.24, 2.45) is 23.2 Å². The molecule has 0 aliphatic carbocycles. The van der Waals surface area contributed by atoms with Crippen LogP contribution >= 0.6 is 0 Å². The molecule has 9 nitrogen and oxygen atoms in total. The fraction of sp³-hybridized carbons (Fsp3) is 0.561. The molecule has 9 heteroatoms. The number of H-pyrrole nitrogens is 1. The molecular weight excluding hydrogens is 813 g/mol. The number of aromatic nitrogens is 8. The van der Waals surface area contributed by atoms with Crippen molar-refractivity contribution in [3.05, 3.63) is 151 Å². The molecule has 1 N–H and O–H groups in total. The van der Waals surface area contributed by atoms with Gasteiger partial charge in [-0.05, 0) is 83.2 Å². The van der Waals surface area contributed by atoms with Crippen molar-refractivity contribution >= 4 is 5.52 Å². The molecule has 0 unspecified atom stereocenters. The summed E-state index contributed by atoms with van der Waals surface area (Å²) in [7, 11) is 0. The molecule has 0 saturated heterocycles. The van der Waals surface area contributed by atoms with Gasteiger partial charge >= 0.3 is 0 Å². The first-order chi connectivity index (χ1) is 31.4. The van der Waals surface area contributed by atoms with Gasteiger partial charge in [-0.25, -0.2) is 14.5 Å². The maximum absolute atomic E-state index is 10.2. The number of aromatic amines is 1. The summed E-state index contributed by atoms with van der Waals surface area (Å²) in [5.74, 6) is 3.06. The predicted molar refractivity (Wildman–Crippen MR) is 299 cm³/mol. The third-order valence-electron chi connectivity index (χ3n) is 4.30. The Bertz CT molecular complexity index is 1460. The predicted octanol–water partition coefficient (Wildman–Crippen LogP) is 18.1. The van der Waals surface area contributed by atoms with Gasteiger partial charge in [0, 0.05) is 55.6 Å². The van der Waals surface area contributed by atoms with Crippen molar-refractivity contribution in [3.63, 3.8) is 0 Å². The van der Waals surface area contributed by atoms with E-state index in [2.05, 4.69) is 139 Å². The van der Waals surface area contributed by atoms with Gasteiger partial charge in [0.1, 0.15) is 6.33 Å². The average molecular weight is 922 g/mol. The molecule has 0 aliphatic rings. The van der Waals surface area contributed by atoms with E-state index in [1.54, 1.807) is 67.8 Å². The number of hydrogen-bond acceptors (Lipinski definition) is 7. The molecule has 0 fully saturated rings. The molecule has 382 valence electrons. The van der Waals surface area contributed by atoms with Crippen LogP contribution in [0.15, 0.2) is 140 Å². The van der Waals surface area contributed by atoms with Gasteiger partial charge in [-0.2, -0.15) is 15.3 Å². The summed E-state index contributed by atoms with van der Waals surface area (Å²) in [5.41, 5.74) is 2.82. The van der Waals surface area contributed by atoms with Crippen LogP contribution in [-0.2, 0) is 0 Å². The monoisotopic (exact) mass is 921 g/mol. The minimum atomic E-state index is -0.0532. The summed E-state index contributed by atoms with van der Waals surface area (Å²) in [6.45, 7) is 56.5. The zero-order valence-electron chi connectivity index (χ0n) is 48.0. The van der Waals surface area contributed by atoms with E-state index < -0.39 is 0 Å². The topological polar surface area (TPSA) is 115 Å². The van der Waals surface area contributed by atoms with E-state index in [0.717, 1.165) is 23.3 Å². The quantitative estimate of drug-likeness (QED) is 0.175. The van der Waals surface area contributed by atoms with Gasteiger partial charge in [-0.1, -0.05) is 205 Å². The van der Waals surface area contributed by atoms with Crippen LogP contribution in [0.5, 0.6) is 0 Å². The molecule has 0 bridgehead atoms. The van der Waals surface area contributed by atoms with Crippen molar-refractivity contribution in [2.75, 3.05) is 0 Å². The van der Waals surface area contributed by atoms with Gasteiger partial charge in [0.25, 0.3) is 0 Å². The third-order valence-corrected chi connectivity index (χ3v) is 4.30. The first-order valence-electron chi connectivity index (χ1n) is 24.7. The van der Waals surface area contributed by atoms with Crippen LogP contribution in [0.1, 0.15) is 198 Å². The molecule has 0 atom stereocenters. The summed E-state index contributed by atoms with van der Waals surface area (Å²) in [6, 6.07) is 22.4. The third kappa shape index (κ3) is 102. The van der Waals surface area contributed by atoms with Crippen LogP contribution in [0.3, 0.4) is 0 Å². The highest BCUT2D eigenvalue weighted by atomic mass is 16.1. The highest BCUT2D eigenvalue weighted by molar-refractivity contribution is 5.44. The molecule has 6 heterocycles. The maximum atomic E-state index is 10.2. The second-order valence-electron chi connectivity index (χ2n) is 15.6.